The van der Waals surface area contributed by atoms with Gasteiger partial charge in [0.05, 0.1) is 0 Å². The van der Waals surface area contributed by atoms with Crippen LogP contribution in [0.25, 0.3) is 0 Å². The van der Waals surface area contributed by atoms with E-state index in [1.165, 1.54) is 5.69 Å². The highest BCUT2D eigenvalue weighted by atomic mass is 35.5. The number of hydrogen-bond acceptors (Lipinski definition) is 2. The highest BCUT2D eigenvalue weighted by molar-refractivity contribution is 6.31. The first-order valence-corrected chi connectivity index (χ1v) is 6.62. The van der Waals surface area contributed by atoms with E-state index in [9.17, 15) is 0 Å². The number of benzene rings is 1. The lowest BCUT2D eigenvalue weighted by molar-refractivity contribution is 0.286. The summed E-state index contributed by atoms with van der Waals surface area (Å²) in [6, 6.07) is 6.58. The Morgan fingerprint density at radius 2 is 2.18 bits per heavy atom. The van der Waals surface area contributed by atoms with Crippen molar-refractivity contribution in [1.82, 2.24) is 5.32 Å². The molecule has 17 heavy (non-hydrogen) atoms. The molecule has 1 aliphatic rings. The summed E-state index contributed by atoms with van der Waals surface area (Å²) in [6.07, 6.45) is 2.30. The van der Waals surface area contributed by atoms with Crippen molar-refractivity contribution < 1.29 is 0 Å². The molecule has 94 valence electrons. The molecule has 0 saturated carbocycles. The molecule has 2 nitrogen and oxygen atoms in total. The Hall–Kier alpha value is -0.730. The van der Waals surface area contributed by atoms with Crippen molar-refractivity contribution in [3.05, 3.63) is 28.8 Å². The molecule has 1 unspecified atom stereocenters. The van der Waals surface area contributed by atoms with Gasteiger partial charge in [-0.05, 0) is 57.9 Å². The van der Waals surface area contributed by atoms with Crippen molar-refractivity contribution in [2.75, 3.05) is 11.9 Å². The van der Waals surface area contributed by atoms with Gasteiger partial charge in [0.15, 0.2) is 0 Å². The lowest BCUT2D eigenvalue weighted by atomic mass is 9.89. The van der Waals surface area contributed by atoms with Crippen molar-refractivity contribution in [3.8, 4) is 0 Å². The first kappa shape index (κ1) is 12.7. The molecule has 0 radical (unpaired) electrons. The molecule has 0 aliphatic carbocycles. The van der Waals surface area contributed by atoms with Gasteiger partial charge in [0.2, 0.25) is 0 Å². The Morgan fingerprint density at radius 1 is 1.41 bits per heavy atom. The van der Waals surface area contributed by atoms with Gasteiger partial charge in [0, 0.05) is 22.3 Å². The Labute approximate surface area is 109 Å². The third-order valence-corrected chi connectivity index (χ3v) is 3.89. The molecule has 1 heterocycles. The monoisotopic (exact) mass is 252 g/mol. The Bertz CT molecular complexity index is 401. The van der Waals surface area contributed by atoms with E-state index < -0.39 is 0 Å². The lowest BCUT2D eigenvalue weighted by Crippen LogP contribution is -2.50. The summed E-state index contributed by atoms with van der Waals surface area (Å²) in [6.45, 7) is 7.65. The topological polar surface area (TPSA) is 24.1 Å². The number of anilines is 1. The molecule has 0 spiro atoms. The first-order valence-electron chi connectivity index (χ1n) is 6.25. The largest absolute Gasteiger partial charge is 0.382 e. The van der Waals surface area contributed by atoms with Gasteiger partial charge in [-0.3, -0.25) is 0 Å². The number of halogens is 1. The van der Waals surface area contributed by atoms with Gasteiger partial charge >= 0.3 is 0 Å². The SMILES string of the molecule is Cc1c(Cl)cccc1NC1CCNC(C)(C)C1. The zero-order valence-corrected chi connectivity index (χ0v) is 11.6. The minimum Gasteiger partial charge on any atom is -0.382 e. The second-order valence-electron chi connectivity index (χ2n) is 5.56. The Balaban J connectivity index is 2.08. The quantitative estimate of drug-likeness (QED) is 0.841. The normalized spacial score (nSPS) is 23.4. The van der Waals surface area contributed by atoms with Crippen LogP contribution in [0.5, 0.6) is 0 Å². The molecule has 3 heteroatoms. The standard InChI is InChI=1S/C14H21ClN2/c1-10-12(15)5-4-6-13(10)17-11-7-8-16-14(2,3)9-11/h4-6,11,16-17H,7-9H2,1-3H3. The van der Waals surface area contributed by atoms with Gasteiger partial charge < -0.3 is 10.6 Å². The lowest BCUT2D eigenvalue weighted by Gasteiger charge is -2.37. The van der Waals surface area contributed by atoms with E-state index >= 15 is 0 Å². The summed E-state index contributed by atoms with van der Waals surface area (Å²) in [5.74, 6) is 0. The molecule has 1 saturated heterocycles. The van der Waals surface area contributed by atoms with E-state index in [2.05, 4.69) is 37.5 Å². The second-order valence-corrected chi connectivity index (χ2v) is 5.96. The van der Waals surface area contributed by atoms with Crippen LogP contribution in [0.15, 0.2) is 18.2 Å². The Kier molecular flexibility index (Phi) is 3.64. The summed E-state index contributed by atoms with van der Waals surface area (Å²) in [5.41, 5.74) is 2.54. The summed E-state index contributed by atoms with van der Waals surface area (Å²) < 4.78 is 0. The molecule has 1 aliphatic heterocycles. The van der Waals surface area contributed by atoms with Crippen LogP contribution in [-0.2, 0) is 0 Å². The van der Waals surface area contributed by atoms with E-state index in [0.29, 0.717) is 6.04 Å². The molecule has 0 bridgehead atoms. The second kappa shape index (κ2) is 4.87. The zero-order valence-electron chi connectivity index (χ0n) is 10.8. The molecule has 2 N–H and O–H groups in total. The molecule has 0 aromatic heterocycles. The number of piperidine rings is 1. The summed E-state index contributed by atoms with van der Waals surface area (Å²) in [7, 11) is 0. The van der Waals surface area contributed by atoms with Crippen LogP contribution in [-0.4, -0.2) is 18.1 Å². The van der Waals surface area contributed by atoms with Crippen molar-refractivity contribution in [1.29, 1.82) is 0 Å². The van der Waals surface area contributed by atoms with Crippen LogP contribution in [0.4, 0.5) is 5.69 Å². The maximum absolute atomic E-state index is 6.14. The van der Waals surface area contributed by atoms with E-state index in [0.717, 1.165) is 30.0 Å². The maximum atomic E-state index is 6.14. The average Bonchev–Trinajstić information content (AvgIpc) is 2.23. The van der Waals surface area contributed by atoms with E-state index in [-0.39, 0.29) is 5.54 Å². The fourth-order valence-corrected chi connectivity index (χ4v) is 2.66. The Morgan fingerprint density at radius 3 is 2.88 bits per heavy atom. The average molecular weight is 253 g/mol. The van der Waals surface area contributed by atoms with E-state index in [1.807, 2.05) is 12.1 Å². The minimum atomic E-state index is 0.225. The third kappa shape index (κ3) is 3.14. The molecule has 1 aromatic carbocycles. The predicted octanol–water partition coefficient (Wildman–Crippen LogP) is 3.59. The zero-order chi connectivity index (χ0) is 12.5. The minimum absolute atomic E-state index is 0.225. The summed E-state index contributed by atoms with van der Waals surface area (Å²) in [5, 5.41) is 7.99. The van der Waals surface area contributed by atoms with Crippen molar-refractivity contribution in [3.63, 3.8) is 0 Å². The van der Waals surface area contributed by atoms with Crippen LogP contribution >= 0.6 is 11.6 Å². The van der Waals surface area contributed by atoms with E-state index in [1.54, 1.807) is 0 Å². The van der Waals surface area contributed by atoms with Gasteiger partial charge in [0.1, 0.15) is 0 Å². The molecule has 1 atom stereocenters. The van der Waals surface area contributed by atoms with Crippen molar-refractivity contribution >= 4 is 17.3 Å². The van der Waals surface area contributed by atoms with Gasteiger partial charge in [-0.2, -0.15) is 0 Å². The predicted molar refractivity (Wildman–Crippen MR) is 74.9 cm³/mol. The van der Waals surface area contributed by atoms with Gasteiger partial charge in [-0.1, -0.05) is 17.7 Å². The van der Waals surface area contributed by atoms with Crippen LogP contribution in [0.3, 0.4) is 0 Å². The fraction of sp³-hybridized carbons (Fsp3) is 0.571. The molecule has 2 rings (SSSR count). The van der Waals surface area contributed by atoms with Crippen molar-refractivity contribution in [2.24, 2.45) is 0 Å². The van der Waals surface area contributed by atoms with E-state index in [4.69, 9.17) is 11.6 Å². The maximum Gasteiger partial charge on any atom is 0.0455 e. The highest BCUT2D eigenvalue weighted by Gasteiger charge is 2.27. The molecular weight excluding hydrogens is 232 g/mol. The molecule has 1 fully saturated rings. The number of hydrogen-bond donors (Lipinski definition) is 2. The van der Waals surface area contributed by atoms with Crippen molar-refractivity contribution in [2.45, 2.75) is 45.2 Å². The number of rotatable bonds is 2. The summed E-state index contributed by atoms with van der Waals surface area (Å²) in [4.78, 5) is 0. The van der Waals surface area contributed by atoms with Crippen LogP contribution in [0, 0.1) is 6.92 Å². The van der Waals surface area contributed by atoms with Gasteiger partial charge in [0.25, 0.3) is 0 Å². The van der Waals surface area contributed by atoms with Gasteiger partial charge in [-0.25, -0.2) is 0 Å². The van der Waals surface area contributed by atoms with Crippen LogP contribution < -0.4 is 10.6 Å². The smallest absolute Gasteiger partial charge is 0.0455 e. The molecule has 1 aromatic rings. The molecule has 0 amide bonds. The first-order chi connectivity index (χ1) is 7.98. The molecular formula is C14H21ClN2. The van der Waals surface area contributed by atoms with Crippen LogP contribution in [0.1, 0.15) is 32.3 Å². The van der Waals surface area contributed by atoms with Gasteiger partial charge in [-0.15, -0.1) is 0 Å². The fourth-order valence-electron chi connectivity index (χ4n) is 2.48. The third-order valence-electron chi connectivity index (χ3n) is 3.48. The van der Waals surface area contributed by atoms with Crippen LogP contribution in [0.2, 0.25) is 5.02 Å². The number of nitrogens with one attached hydrogen (secondary N) is 2. The summed E-state index contributed by atoms with van der Waals surface area (Å²) >= 11 is 6.14. The highest BCUT2D eigenvalue weighted by Crippen LogP contribution is 2.27.